The fourth-order valence-corrected chi connectivity index (χ4v) is 4.24. The molecule has 0 radical (unpaired) electrons. The highest BCUT2D eigenvalue weighted by Gasteiger charge is 2.46. The summed E-state index contributed by atoms with van der Waals surface area (Å²) in [6.07, 6.45) is 3.12. The molecule has 186 valence electrons. The first-order chi connectivity index (χ1) is 17.4. The average Bonchev–Trinajstić information content (AvgIpc) is 3.13. The number of halogens is 1. The van der Waals surface area contributed by atoms with E-state index < -0.39 is 23.5 Å². The van der Waals surface area contributed by atoms with E-state index in [0.29, 0.717) is 29.0 Å². The topological polar surface area (TPSA) is 87.1 Å². The Morgan fingerprint density at radius 1 is 0.944 bits per heavy atom. The minimum Gasteiger partial charge on any atom is -0.508 e. The van der Waals surface area contributed by atoms with Gasteiger partial charge < -0.3 is 19.8 Å². The number of rotatable bonds is 9. The number of amides is 1. The average molecular weight is 490 g/mol. The van der Waals surface area contributed by atoms with E-state index in [1.807, 2.05) is 0 Å². The number of aliphatic hydroxyl groups excluding tert-OH is 1. The minimum atomic E-state index is -0.888. The van der Waals surface area contributed by atoms with Crippen molar-refractivity contribution in [3.63, 3.8) is 0 Å². The van der Waals surface area contributed by atoms with Crippen molar-refractivity contribution < 1.29 is 28.9 Å². The maximum absolute atomic E-state index is 13.4. The summed E-state index contributed by atoms with van der Waals surface area (Å²) in [6, 6.07) is 17.6. The number of ketones is 1. The highest BCUT2D eigenvalue weighted by atomic mass is 19.1. The van der Waals surface area contributed by atoms with Gasteiger partial charge in [0.1, 0.15) is 23.1 Å². The zero-order valence-electron chi connectivity index (χ0n) is 20.0. The summed E-state index contributed by atoms with van der Waals surface area (Å²) in [5, 5.41) is 20.9. The Balaban J connectivity index is 1.69. The third-order valence-electron chi connectivity index (χ3n) is 6.16. The molecule has 36 heavy (non-hydrogen) atoms. The Kier molecular flexibility index (Phi) is 7.68. The summed E-state index contributed by atoms with van der Waals surface area (Å²) in [7, 11) is 0. The Bertz CT molecular complexity index is 1250. The highest BCUT2D eigenvalue weighted by Crippen LogP contribution is 2.40. The smallest absolute Gasteiger partial charge is 0.295 e. The second-order valence-corrected chi connectivity index (χ2v) is 8.72. The number of ether oxygens (including phenoxy) is 1. The van der Waals surface area contributed by atoms with Crippen LogP contribution in [0, 0.1) is 5.82 Å². The SMILES string of the molecule is CCCCCOc1ccc(/C(O)=C2/C(=O)C(=O)N(Cc3ccc(F)cc3)C2c2ccc(O)cc2)cc1. The largest absolute Gasteiger partial charge is 0.508 e. The number of benzene rings is 3. The third-order valence-corrected chi connectivity index (χ3v) is 6.16. The van der Waals surface area contributed by atoms with Gasteiger partial charge in [0.25, 0.3) is 11.7 Å². The number of unbranched alkanes of at least 4 members (excludes halogenated alkanes) is 2. The van der Waals surface area contributed by atoms with E-state index >= 15 is 0 Å². The van der Waals surface area contributed by atoms with Crippen molar-refractivity contribution in [3.05, 3.63) is 101 Å². The molecular weight excluding hydrogens is 461 g/mol. The van der Waals surface area contributed by atoms with Crippen LogP contribution in [-0.4, -0.2) is 33.4 Å². The van der Waals surface area contributed by atoms with Gasteiger partial charge in [-0.25, -0.2) is 4.39 Å². The zero-order chi connectivity index (χ0) is 25.7. The number of phenolic OH excluding ortho intramolecular Hbond substituents is 1. The standard InChI is InChI=1S/C29H28FNO5/c1-2-3-4-17-36-24-15-9-21(10-16-24)27(33)25-26(20-7-13-23(32)14-8-20)31(29(35)28(25)34)18-19-5-11-22(30)12-6-19/h5-16,26,32-33H,2-4,17-18H2,1H3/b27-25-. The van der Waals surface area contributed by atoms with Gasteiger partial charge in [0.05, 0.1) is 18.2 Å². The van der Waals surface area contributed by atoms with E-state index in [-0.39, 0.29) is 23.6 Å². The van der Waals surface area contributed by atoms with Crippen LogP contribution in [-0.2, 0) is 16.1 Å². The van der Waals surface area contributed by atoms with E-state index in [1.54, 1.807) is 48.5 Å². The van der Waals surface area contributed by atoms with Crippen molar-refractivity contribution >= 4 is 17.4 Å². The number of hydrogen-bond donors (Lipinski definition) is 2. The zero-order valence-corrected chi connectivity index (χ0v) is 20.0. The lowest BCUT2D eigenvalue weighted by atomic mass is 9.95. The molecule has 3 aromatic rings. The molecule has 2 N–H and O–H groups in total. The molecule has 1 aliphatic rings. The molecule has 0 bridgehead atoms. The molecule has 0 aliphatic carbocycles. The van der Waals surface area contributed by atoms with E-state index in [0.717, 1.165) is 19.3 Å². The molecule has 4 rings (SSSR count). The maximum atomic E-state index is 13.4. The Morgan fingerprint density at radius 2 is 1.61 bits per heavy atom. The van der Waals surface area contributed by atoms with Gasteiger partial charge >= 0.3 is 0 Å². The summed E-state index contributed by atoms with van der Waals surface area (Å²) in [5.41, 5.74) is 1.50. The fraction of sp³-hybridized carbons (Fsp3) is 0.241. The van der Waals surface area contributed by atoms with Crippen LogP contribution >= 0.6 is 0 Å². The number of nitrogens with zero attached hydrogens (tertiary/aromatic N) is 1. The van der Waals surface area contributed by atoms with Gasteiger partial charge in [0.2, 0.25) is 0 Å². The van der Waals surface area contributed by atoms with Crippen LogP contribution in [0.1, 0.15) is 48.9 Å². The van der Waals surface area contributed by atoms with Gasteiger partial charge in [-0.2, -0.15) is 0 Å². The van der Waals surface area contributed by atoms with Crippen LogP contribution in [0.4, 0.5) is 4.39 Å². The molecule has 0 spiro atoms. The van der Waals surface area contributed by atoms with E-state index in [4.69, 9.17) is 4.74 Å². The third kappa shape index (κ3) is 5.40. The van der Waals surface area contributed by atoms with Gasteiger partial charge in [-0.05, 0) is 66.1 Å². The minimum absolute atomic E-state index is 0.0313. The Labute approximate surface area is 209 Å². The normalized spacial score (nSPS) is 16.9. The van der Waals surface area contributed by atoms with Crippen LogP contribution < -0.4 is 4.74 Å². The first-order valence-electron chi connectivity index (χ1n) is 11.9. The number of phenols is 1. The van der Waals surface area contributed by atoms with Crippen molar-refractivity contribution in [3.8, 4) is 11.5 Å². The lowest BCUT2D eigenvalue weighted by Gasteiger charge is -2.25. The lowest BCUT2D eigenvalue weighted by Crippen LogP contribution is -2.29. The summed E-state index contributed by atoms with van der Waals surface area (Å²) in [6.45, 7) is 2.75. The monoisotopic (exact) mass is 489 g/mol. The molecule has 6 nitrogen and oxygen atoms in total. The number of Topliss-reactive ketones (excluding diaryl/α,β-unsaturated/α-hetero) is 1. The predicted octanol–water partition coefficient (Wildman–Crippen LogP) is 5.72. The Morgan fingerprint density at radius 3 is 2.25 bits per heavy atom. The van der Waals surface area contributed by atoms with Crippen molar-refractivity contribution in [2.75, 3.05) is 6.61 Å². The van der Waals surface area contributed by atoms with Crippen LogP contribution in [0.15, 0.2) is 78.4 Å². The van der Waals surface area contributed by atoms with Crippen molar-refractivity contribution in [2.24, 2.45) is 0 Å². The lowest BCUT2D eigenvalue weighted by molar-refractivity contribution is -0.140. The molecule has 0 aromatic heterocycles. The molecule has 1 amide bonds. The molecule has 0 saturated carbocycles. The molecule has 1 unspecified atom stereocenters. The molecular formula is C29H28FNO5. The Hall–Kier alpha value is -4.13. The maximum Gasteiger partial charge on any atom is 0.295 e. The van der Waals surface area contributed by atoms with Crippen molar-refractivity contribution in [1.29, 1.82) is 0 Å². The molecule has 1 fully saturated rings. The van der Waals surface area contributed by atoms with Crippen molar-refractivity contribution in [1.82, 2.24) is 4.90 Å². The summed E-state index contributed by atoms with van der Waals surface area (Å²) < 4.78 is 19.1. The van der Waals surface area contributed by atoms with Crippen LogP contribution in [0.3, 0.4) is 0 Å². The van der Waals surface area contributed by atoms with Gasteiger partial charge in [-0.3, -0.25) is 9.59 Å². The van der Waals surface area contributed by atoms with E-state index in [9.17, 15) is 24.2 Å². The number of carbonyl (C=O) groups is 2. The first kappa shape index (κ1) is 25.0. The number of aromatic hydroxyl groups is 1. The second kappa shape index (κ2) is 11.1. The molecule has 7 heteroatoms. The van der Waals surface area contributed by atoms with Crippen LogP contribution in [0.5, 0.6) is 11.5 Å². The molecule has 3 aromatic carbocycles. The molecule has 1 aliphatic heterocycles. The van der Waals surface area contributed by atoms with Gasteiger partial charge in [0, 0.05) is 12.1 Å². The number of hydrogen-bond acceptors (Lipinski definition) is 5. The quantitative estimate of drug-likeness (QED) is 0.174. The molecule has 1 atom stereocenters. The number of likely N-dealkylation sites (tertiary alicyclic amines) is 1. The van der Waals surface area contributed by atoms with Gasteiger partial charge in [0.15, 0.2) is 0 Å². The first-order valence-corrected chi connectivity index (χ1v) is 11.9. The molecule has 1 heterocycles. The summed E-state index contributed by atoms with van der Waals surface area (Å²) in [4.78, 5) is 27.6. The van der Waals surface area contributed by atoms with Gasteiger partial charge in [-0.15, -0.1) is 0 Å². The number of carbonyl (C=O) groups excluding carboxylic acids is 2. The van der Waals surface area contributed by atoms with Crippen LogP contribution in [0.2, 0.25) is 0 Å². The van der Waals surface area contributed by atoms with Gasteiger partial charge in [-0.1, -0.05) is 44.0 Å². The fourth-order valence-electron chi connectivity index (χ4n) is 4.24. The summed E-state index contributed by atoms with van der Waals surface area (Å²) in [5.74, 6) is -1.61. The van der Waals surface area contributed by atoms with E-state index in [1.165, 1.54) is 29.2 Å². The highest BCUT2D eigenvalue weighted by molar-refractivity contribution is 6.46. The van der Waals surface area contributed by atoms with Crippen LogP contribution in [0.25, 0.3) is 5.76 Å². The second-order valence-electron chi connectivity index (χ2n) is 8.72. The molecule has 1 saturated heterocycles. The summed E-state index contributed by atoms with van der Waals surface area (Å²) >= 11 is 0. The predicted molar refractivity (Wildman–Crippen MR) is 134 cm³/mol. The number of aliphatic hydroxyl groups is 1. The van der Waals surface area contributed by atoms with Crippen molar-refractivity contribution in [2.45, 2.75) is 38.8 Å². The van der Waals surface area contributed by atoms with E-state index in [2.05, 4.69) is 6.92 Å².